The number of pyridine rings is 1. The van der Waals surface area contributed by atoms with Crippen molar-refractivity contribution in [2.45, 2.75) is 12.8 Å². The van der Waals surface area contributed by atoms with Crippen LogP contribution in [0.2, 0.25) is 0 Å². The Labute approximate surface area is 159 Å². The lowest BCUT2D eigenvalue weighted by Gasteiger charge is -2.09. The van der Waals surface area contributed by atoms with E-state index in [-0.39, 0.29) is 5.91 Å². The van der Waals surface area contributed by atoms with E-state index >= 15 is 0 Å². The lowest BCUT2D eigenvalue weighted by atomic mass is 10.1. The first kappa shape index (κ1) is 18.5. The van der Waals surface area contributed by atoms with Gasteiger partial charge in [0.1, 0.15) is 11.6 Å². The fraction of sp³-hybridized carbons (Fsp3) is 0.182. The molecule has 3 rings (SSSR count). The maximum absolute atomic E-state index is 12.1. The van der Waals surface area contributed by atoms with Crippen molar-refractivity contribution in [1.82, 2.24) is 4.98 Å². The predicted octanol–water partition coefficient (Wildman–Crippen LogP) is 3.93. The summed E-state index contributed by atoms with van der Waals surface area (Å²) in [6.07, 6.45) is 2.94. The summed E-state index contributed by atoms with van der Waals surface area (Å²) >= 11 is 0. The molecule has 0 aliphatic carbocycles. The van der Waals surface area contributed by atoms with E-state index in [1.807, 2.05) is 54.6 Å². The third-order valence-electron chi connectivity index (χ3n) is 4.12. The molecule has 0 fully saturated rings. The molecule has 27 heavy (non-hydrogen) atoms. The van der Waals surface area contributed by atoms with Crippen LogP contribution in [0.1, 0.15) is 11.1 Å². The number of nitrogens with one attached hydrogen (secondary N) is 2. The van der Waals surface area contributed by atoms with E-state index in [0.29, 0.717) is 12.2 Å². The van der Waals surface area contributed by atoms with E-state index in [1.54, 1.807) is 19.4 Å². The summed E-state index contributed by atoms with van der Waals surface area (Å²) < 4.78 is 5.24. The van der Waals surface area contributed by atoms with Crippen molar-refractivity contribution in [1.29, 1.82) is 0 Å². The summed E-state index contributed by atoms with van der Waals surface area (Å²) in [5, 5.41) is 6.16. The highest BCUT2D eigenvalue weighted by atomic mass is 16.5. The molecule has 0 spiro atoms. The van der Waals surface area contributed by atoms with Gasteiger partial charge in [-0.1, -0.05) is 42.5 Å². The average molecular weight is 361 g/mol. The molecular formula is C22H23N3O2. The van der Waals surface area contributed by atoms with Gasteiger partial charge in [-0.3, -0.25) is 4.79 Å². The number of rotatable bonds is 8. The maximum Gasteiger partial charge on any atom is 0.229 e. The van der Waals surface area contributed by atoms with E-state index in [2.05, 4.69) is 21.7 Å². The van der Waals surface area contributed by atoms with Crippen molar-refractivity contribution in [3.05, 3.63) is 84.1 Å². The fourth-order valence-corrected chi connectivity index (χ4v) is 2.72. The van der Waals surface area contributed by atoms with Gasteiger partial charge in [-0.15, -0.1) is 0 Å². The summed E-state index contributed by atoms with van der Waals surface area (Å²) in [7, 11) is 1.67. The Balaban J connectivity index is 1.46. The average Bonchev–Trinajstić information content (AvgIpc) is 2.70. The van der Waals surface area contributed by atoms with Gasteiger partial charge in [-0.2, -0.15) is 0 Å². The van der Waals surface area contributed by atoms with E-state index in [4.69, 9.17) is 4.74 Å². The molecular weight excluding hydrogens is 338 g/mol. The third-order valence-corrected chi connectivity index (χ3v) is 4.12. The van der Waals surface area contributed by atoms with Crippen LogP contribution in [-0.2, 0) is 17.6 Å². The van der Waals surface area contributed by atoms with Crippen LogP contribution in [0.25, 0.3) is 0 Å². The first-order chi connectivity index (χ1) is 13.2. The van der Waals surface area contributed by atoms with Crippen LogP contribution < -0.4 is 15.4 Å². The zero-order valence-electron chi connectivity index (χ0n) is 15.3. The van der Waals surface area contributed by atoms with Gasteiger partial charge in [-0.25, -0.2) is 4.98 Å². The second kappa shape index (κ2) is 9.38. The van der Waals surface area contributed by atoms with Gasteiger partial charge < -0.3 is 15.4 Å². The predicted molar refractivity (Wildman–Crippen MR) is 108 cm³/mol. The Kier molecular flexibility index (Phi) is 6.41. The molecule has 2 aromatic carbocycles. The molecule has 0 unspecified atom stereocenters. The number of amides is 1. The van der Waals surface area contributed by atoms with Crippen LogP contribution in [0, 0.1) is 0 Å². The molecule has 3 aromatic rings. The number of carbonyl (C=O) groups is 1. The van der Waals surface area contributed by atoms with Gasteiger partial charge in [0.15, 0.2) is 0 Å². The number of aromatic nitrogens is 1. The van der Waals surface area contributed by atoms with Gasteiger partial charge in [0.05, 0.1) is 25.4 Å². The summed E-state index contributed by atoms with van der Waals surface area (Å²) in [6, 6.07) is 21.4. The highest BCUT2D eigenvalue weighted by molar-refractivity contribution is 5.91. The van der Waals surface area contributed by atoms with E-state index in [9.17, 15) is 4.79 Å². The third kappa shape index (κ3) is 5.85. The maximum atomic E-state index is 12.1. The van der Waals surface area contributed by atoms with Crippen LogP contribution in [0.5, 0.6) is 5.75 Å². The molecule has 1 heterocycles. The summed E-state index contributed by atoms with van der Waals surface area (Å²) in [5.74, 6) is 1.34. The van der Waals surface area contributed by atoms with Gasteiger partial charge in [0, 0.05) is 6.54 Å². The number of anilines is 2. The van der Waals surface area contributed by atoms with Crippen LogP contribution >= 0.6 is 0 Å². The molecule has 1 amide bonds. The van der Waals surface area contributed by atoms with Crippen LogP contribution in [0.3, 0.4) is 0 Å². The molecule has 0 saturated heterocycles. The van der Waals surface area contributed by atoms with Crippen molar-refractivity contribution in [2.75, 3.05) is 24.3 Å². The smallest absolute Gasteiger partial charge is 0.229 e. The topological polar surface area (TPSA) is 63.2 Å². The molecule has 0 bridgehead atoms. The van der Waals surface area contributed by atoms with Crippen molar-refractivity contribution < 1.29 is 9.53 Å². The van der Waals surface area contributed by atoms with E-state index < -0.39 is 0 Å². The lowest BCUT2D eigenvalue weighted by molar-refractivity contribution is -0.115. The van der Waals surface area contributed by atoms with E-state index in [1.165, 1.54) is 5.56 Å². The van der Waals surface area contributed by atoms with Crippen molar-refractivity contribution >= 4 is 17.4 Å². The van der Waals surface area contributed by atoms with Crippen molar-refractivity contribution in [3.63, 3.8) is 0 Å². The monoisotopic (exact) mass is 361 g/mol. The summed E-state index contributed by atoms with van der Waals surface area (Å²) in [4.78, 5) is 16.4. The van der Waals surface area contributed by atoms with Gasteiger partial charge in [0.2, 0.25) is 5.91 Å². The number of hydrogen-bond donors (Lipinski definition) is 2. The Bertz CT molecular complexity index is 864. The summed E-state index contributed by atoms with van der Waals surface area (Å²) in [6.45, 7) is 0.786. The second-order valence-electron chi connectivity index (χ2n) is 6.17. The number of carbonyl (C=O) groups excluding carboxylic acids is 1. The van der Waals surface area contributed by atoms with Gasteiger partial charge in [0.25, 0.3) is 0 Å². The Morgan fingerprint density at radius 2 is 1.81 bits per heavy atom. The Morgan fingerprint density at radius 3 is 2.56 bits per heavy atom. The Hall–Kier alpha value is -3.34. The molecule has 0 aliphatic rings. The normalized spacial score (nSPS) is 10.3. The standard InChI is InChI=1S/C22H23N3O2/c1-27-20-9-5-8-18(14-20)12-13-23-19-10-11-21(24-16-19)25-22(26)15-17-6-3-2-4-7-17/h2-11,14,16,23H,12-13,15H2,1H3,(H,24,25,26). The SMILES string of the molecule is COc1cccc(CCNc2ccc(NC(=O)Cc3ccccc3)nc2)c1. The zero-order valence-corrected chi connectivity index (χ0v) is 15.3. The fourth-order valence-electron chi connectivity index (χ4n) is 2.72. The first-order valence-electron chi connectivity index (χ1n) is 8.89. The Morgan fingerprint density at radius 1 is 1.00 bits per heavy atom. The molecule has 0 atom stereocenters. The van der Waals surface area contributed by atoms with Gasteiger partial charge in [-0.05, 0) is 41.8 Å². The largest absolute Gasteiger partial charge is 0.497 e. The number of benzene rings is 2. The minimum Gasteiger partial charge on any atom is -0.497 e. The second-order valence-corrected chi connectivity index (χ2v) is 6.17. The van der Waals surface area contributed by atoms with Crippen molar-refractivity contribution in [3.8, 4) is 5.75 Å². The van der Waals surface area contributed by atoms with Crippen LogP contribution in [0.4, 0.5) is 11.5 Å². The number of nitrogens with zero attached hydrogens (tertiary/aromatic N) is 1. The minimum absolute atomic E-state index is 0.0764. The lowest BCUT2D eigenvalue weighted by Crippen LogP contribution is -2.15. The highest BCUT2D eigenvalue weighted by Gasteiger charge is 2.05. The molecule has 0 radical (unpaired) electrons. The van der Waals surface area contributed by atoms with Crippen LogP contribution in [-0.4, -0.2) is 24.5 Å². The highest BCUT2D eigenvalue weighted by Crippen LogP contribution is 2.14. The molecule has 0 saturated carbocycles. The quantitative estimate of drug-likeness (QED) is 0.638. The van der Waals surface area contributed by atoms with E-state index in [0.717, 1.165) is 30.0 Å². The minimum atomic E-state index is -0.0764. The molecule has 2 N–H and O–H groups in total. The van der Waals surface area contributed by atoms with Crippen LogP contribution in [0.15, 0.2) is 72.9 Å². The number of hydrogen-bond acceptors (Lipinski definition) is 4. The zero-order chi connectivity index (χ0) is 18.9. The van der Waals surface area contributed by atoms with Crippen molar-refractivity contribution in [2.24, 2.45) is 0 Å². The molecule has 138 valence electrons. The van der Waals surface area contributed by atoms with Gasteiger partial charge >= 0.3 is 0 Å². The molecule has 5 nitrogen and oxygen atoms in total. The molecule has 0 aliphatic heterocycles. The number of methoxy groups -OCH3 is 1. The molecule has 1 aromatic heterocycles. The molecule has 5 heteroatoms. The summed E-state index contributed by atoms with van der Waals surface area (Å²) in [5.41, 5.74) is 3.10. The first-order valence-corrected chi connectivity index (χ1v) is 8.89. The number of ether oxygens (including phenoxy) is 1.